The van der Waals surface area contributed by atoms with Crippen molar-refractivity contribution in [2.75, 3.05) is 33.2 Å². The smallest absolute Gasteiger partial charge is 0.355 e. The lowest BCUT2D eigenvalue weighted by Gasteiger charge is -2.40. The summed E-state index contributed by atoms with van der Waals surface area (Å²) >= 11 is 0. The Labute approximate surface area is 234 Å². The van der Waals surface area contributed by atoms with Gasteiger partial charge in [-0.05, 0) is 66.9 Å². The van der Waals surface area contributed by atoms with Gasteiger partial charge in [-0.15, -0.1) is 12.4 Å². The van der Waals surface area contributed by atoms with Crippen molar-refractivity contribution in [3.05, 3.63) is 70.0 Å². The zero-order valence-electron chi connectivity index (χ0n) is 22.1. The van der Waals surface area contributed by atoms with Crippen molar-refractivity contribution in [3.63, 3.8) is 0 Å². The second-order valence-corrected chi connectivity index (χ2v) is 9.89. The van der Waals surface area contributed by atoms with Crippen LogP contribution in [-0.4, -0.2) is 54.8 Å². The van der Waals surface area contributed by atoms with E-state index >= 15 is 0 Å². The molecule has 0 radical (unpaired) electrons. The number of piperidine rings is 1. The first-order chi connectivity index (χ1) is 18.1. The van der Waals surface area contributed by atoms with E-state index in [0.29, 0.717) is 50.3 Å². The topological polar surface area (TPSA) is 52.7 Å². The van der Waals surface area contributed by atoms with Crippen LogP contribution >= 0.6 is 12.4 Å². The molecule has 2 atom stereocenters. The number of carbonyl (C=O) groups is 2. The molecular formula is C27H31ClF7N3O2. The van der Waals surface area contributed by atoms with Gasteiger partial charge in [-0.3, -0.25) is 9.59 Å². The summed E-state index contributed by atoms with van der Waals surface area (Å²) in [5, 5.41) is 2.71. The Morgan fingerprint density at radius 1 is 1.02 bits per heavy atom. The number of halogens is 8. The molecule has 1 aliphatic heterocycles. The van der Waals surface area contributed by atoms with Gasteiger partial charge in [0.1, 0.15) is 5.82 Å². The Bertz CT molecular complexity index is 1170. The third-order valence-electron chi connectivity index (χ3n) is 6.89. The maximum Gasteiger partial charge on any atom is 0.416 e. The van der Waals surface area contributed by atoms with Crippen LogP contribution in [0.15, 0.2) is 36.4 Å². The minimum absolute atomic E-state index is 0. The van der Waals surface area contributed by atoms with Crippen molar-refractivity contribution in [2.24, 2.45) is 5.92 Å². The summed E-state index contributed by atoms with van der Waals surface area (Å²) in [5.74, 6) is -2.10. The van der Waals surface area contributed by atoms with Crippen LogP contribution in [0.4, 0.5) is 30.7 Å². The highest BCUT2D eigenvalue weighted by atomic mass is 35.5. The Balaban J connectivity index is 0.00000560. The standard InChI is InChI=1S/C27H30F7N3O2.ClH/c1-16-10-21(28)4-5-22(16)24-15-37(9-7-35-17(2)38)8-6-23(24)25(39)36(3)14-18-11-19(26(29,30)31)13-20(12-18)27(32,33)34;/h4-5,10-13,23-24H,6-9,14-15H2,1-3H3,(H,35,38);1H/t23-,24+;/m1./s1. The number of likely N-dealkylation sites (tertiary alicyclic amines) is 1. The summed E-state index contributed by atoms with van der Waals surface area (Å²) in [6.45, 7) is 4.44. The Kier molecular flexibility index (Phi) is 11.0. The van der Waals surface area contributed by atoms with Crippen molar-refractivity contribution in [1.82, 2.24) is 15.1 Å². The molecule has 1 fully saturated rings. The van der Waals surface area contributed by atoms with E-state index in [1.807, 2.05) is 0 Å². The number of aryl methyl sites for hydroxylation is 1. The fourth-order valence-electron chi connectivity index (χ4n) is 5.02. The first-order valence-electron chi connectivity index (χ1n) is 12.3. The van der Waals surface area contributed by atoms with Crippen molar-refractivity contribution in [1.29, 1.82) is 0 Å². The monoisotopic (exact) mass is 597 g/mol. The largest absolute Gasteiger partial charge is 0.416 e. The number of hydrogen-bond acceptors (Lipinski definition) is 3. The highest BCUT2D eigenvalue weighted by Crippen LogP contribution is 2.38. The molecule has 0 aliphatic carbocycles. The van der Waals surface area contributed by atoms with Crippen molar-refractivity contribution in [2.45, 2.75) is 45.1 Å². The summed E-state index contributed by atoms with van der Waals surface area (Å²) < 4.78 is 93.6. The summed E-state index contributed by atoms with van der Waals surface area (Å²) in [4.78, 5) is 28.0. The predicted molar refractivity (Wildman–Crippen MR) is 137 cm³/mol. The highest BCUT2D eigenvalue weighted by Gasteiger charge is 2.39. The molecule has 1 heterocycles. The van der Waals surface area contributed by atoms with E-state index in [4.69, 9.17) is 0 Å². The van der Waals surface area contributed by atoms with E-state index in [9.17, 15) is 40.3 Å². The van der Waals surface area contributed by atoms with Gasteiger partial charge in [0.25, 0.3) is 0 Å². The number of carbonyl (C=O) groups excluding carboxylic acids is 2. The van der Waals surface area contributed by atoms with Crippen LogP contribution in [0.2, 0.25) is 0 Å². The third-order valence-corrected chi connectivity index (χ3v) is 6.89. The van der Waals surface area contributed by atoms with Gasteiger partial charge in [0, 0.05) is 52.0 Å². The zero-order chi connectivity index (χ0) is 29.1. The molecule has 3 rings (SSSR count). The predicted octanol–water partition coefficient (Wildman–Crippen LogP) is 5.79. The molecule has 2 amide bonds. The zero-order valence-corrected chi connectivity index (χ0v) is 22.9. The molecule has 222 valence electrons. The fourth-order valence-corrected chi connectivity index (χ4v) is 5.02. The molecule has 0 saturated carbocycles. The second kappa shape index (κ2) is 13.2. The maximum absolute atomic E-state index is 13.8. The Morgan fingerprint density at radius 3 is 2.15 bits per heavy atom. The molecule has 5 nitrogen and oxygen atoms in total. The number of benzene rings is 2. The quantitative estimate of drug-likeness (QED) is 0.411. The van der Waals surface area contributed by atoms with Gasteiger partial charge >= 0.3 is 12.4 Å². The molecule has 2 aromatic carbocycles. The average molecular weight is 598 g/mol. The van der Waals surface area contributed by atoms with Crippen LogP contribution in [0, 0.1) is 18.7 Å². The van der Waals surface area contributed by atoms with Crippen molar-refractivity contribution >= 4 is 24.2 Å². The minimum atomic E-state index is -4.99. The molecule has 2 aromatic rings. The molecule has 0 aromatic heterocycles. The van der Waals surface area contributed by atoms with Crippen LogP contribution in [-0.2, 0) is 28.5 Å². The molecule has 13 heteroatoms. The number of rotatable bonds is 7. The first kappa shape index (κ1) is 33.3. The normalized spacial score (nSPS) is 18.1. The Hall–Kier alpha value is -2.86. The van der Waals surface area contributed by atoms with E-state index in [1.54, 1.807) is 13.0 Å². The molecule has 1 saturated heterocycles. The lowest BCUT2D eigenvalue weighted by atomic mass is 9.78. The lowest BCUT2D eigenvalue weighted by Crippen LogP contribution is -2.47. The molecule has 0 spiro atoms. The van der Waals surface area contributed by atoms with Crippen molar-refractivity contribution < 1.29 is 40.3 Å². The molecule has 0 unspecified atom stereocenters. The van der Waals surface area contributed by atoms with E-state index in [2.05, 4.69) is 10.2 Å². The van der Waals surface area contributed by atoms with Crippen LogP contribution in [0.5, 0.6) is 0 Å². The van der Waals surface area contributed by atoms with Crippen LogP contribution in [0.1, 0.15) is 47.1 Å². The second-order valence-electron chi connectivity index (χ2n) is 9.89. The number of alkyl halides is 6. The van der Waals surface area contributed by atoms with E-state index in [1.165, 1.54) is 26.1 Å². The van der Waals surface area contributed by atoms with Crippen molar-refractivity contribution in [3.8, 4) is 0 Å². The number of nitrogens with one attached hydrogen (secondary N) is 1. The molecule has 1 aliphatic rings. The van der Waals surface area contributed by atoms with E-state index in [0.717, 1.165) is 10.5 Å². The lowest BCUT2D eigenvalue weighted by molar-refractivity contribution is -0.143. The maximum atomic E-state index is 13.8. The summed E-state index contributed by atoms with van der Waals surface area (Å²) in [6.07, 6.45) is -9.62. The average Bonchev–Trinajstić information content (AvgIpc) is 2.82. The van der Waals surface area contributed by atoms with E-state index < -0.39 is 53.6 Å². The van der Waals surface area contributed by atoms with Gasteiger partial charge in [0.2, 0.25) is 11.8 Å². The summed E-state index contributed by atoms with van der Waals surface area (Å²) in [7, 11) is 1.34. The number of hydrogen-bond donors (Lipinski definition) is 1. The SMILES string of the molecule is CC(=O)NCCN1CC[C@@H](C(=O)N(C)Cc2cc(C(F)(F)F)cc(C(F)(F)F)c2)[C@H](c2ccc(F)cc2C)C1.Cl. The van der Waals surface area contributed by atoms with Gasteiger partial charge in [-0.1, -0.05) is 6.07 Å². The molecule has 0 bridgehead atoms. The van der Waals surface area contributed by atoms with Gasteiger partial charge in [0.05, 0.1) is 11.1 Å². The Morgan fingerprint density at radius 2 is 1.62 bits per heavy atom. The molecule has 1 N–H and O–H groups in total. The van der Waals surface area contributed by atoms with Gasteiger partial charge in [0.15, 0.2) is 0 Å². The third kappa shape index (κ3) is 8.57. The van der Waals surface area contributed by atoms with Gasteiger partial charge < -0.3 is 15.1 Å². The molecule has 40 heavy (non-hydrogen) atoms. The van der Waals surface area contributed by atoms with E-state index in [-0.39, 0.29) is 29.9 Å². The summed E-state index contributed by atoms with van der Waals surface area (Å²) in [6, 6.07) is 5.50. The van der Waals surface area contributed by atoms with Gasteiger partial charge in [-0.25, -0.2) is 4.39 Å². The van der Waals surface area contributed by atoms with Crippen LogP contribution in [0.3, 0.4) is 0 Å². The first-order valence-corrected chi connectivity index (χ1v) is 12.3. The van der Waals surface area contributed by atoms with Gasteiger partial charge in [-0.2, -0.15) is 26.3 Å². The molecular weight excluding hydrogens is 567 g/mol. The number of nitrogens with zero attached hydrogens (tertiary/aromatic N) is 2. The minimum Gasteiger partial charge on any atom is -0.355 e. The fraction of sp³-hybridized carbons (Fsp3) is 0.481. The number of amides is 2. The van der Waals surface area contributed by atoms with Crippen LogP contribution < -0.4 is 5.32 Å². The highest BCUT2D eigenvalue weighted by molar-refractivity contribution is 5.85. The van der Waals surface area contributed by atoms with Crippen LogP contribution in [0.25, 0.3) is 0 Å². The summed E-state index contributed by atoms with van der Waals surface area (Å²) in [5.41, 5.74) is -1.83.